The average molecular weight is 219 g/mol. The molecule has 1 saturated heterocycles. The van der Waals surface area contributed by atoms with E-state index in [-0.39, 0.29) is 5.91 Å². The zero-order valence-electron chi connectivity index (χ0n) is 8.49. The smallest absolute Gasteiger partial charge is 0.340 e. The van der Waals surface area contributed by atoms with Crippen LogP contribution in [0.3, 0.4) is 0 Å². The van der Waals surface area contributed by atoms with Gasteiger partial charge in [-0.15, -0.1) is 0 Å². The molecule has 0 aromatic carbocycles. The first-order valence-corrected chi connectivity index (χ1v) is 5.34. The molecule has 0 bridgehead atoms. The number of amides is 1. The molecule has 2 aliphatic rings. The predicted octanol–water partition coefficient (Wildman–Crippen LogP) is 1.48. The van der Waals surface area contributed by atoms with Crippen molar-refractivity contribution in [2.24, 2.45) is 11.8 Å². The van der Waals surface area contributed by atoms with E-state index in [4.69, 9.17) is 0 Å². The van der Waals surface area contributed by atoms with Crippen LogP contribution in [0.4, 0.5) is 8.78 Å². The van der Waals surface area contributed by atoms with Gasteiger partial charge in [0.1, 0.15) is 6.61 Å². The number of fused-ring (bicyclic) bond motifs is 1. The van der Waals surface area contributed by atoms with Crippen LogP contribution in [0.25, 0.3) is 0 Å². The van der Waals surface area contributed by atoms with Gasteiger partial charge < -0.3 is 9.64 Å². The van der Waals surface area contributed by atoms with Gasteiger partial charge in [0.2, 0.25) is 5.91 Å². The number of carbonyl (C=O) groups is 1. The number of likely N-dealkylation sites (tertiary alicyclic amines) is 1. The van der Waals surface area contributed by atoms with Crippen LogP contribution in [0.1, 0.15) is 19.3 Å². The number of hydrogen-bond donors (Lipinski definition) is 0. The van der Waals surface area contributed by atoms with Gasteiger partial charge in [0, 0.05) is 13.1 Å². The van der Waals surface area contributed by atoms with E-state index in [1.807, 2.05) is 0 Å². The van der Waals surface area contributed by atoms with Crippen LogP contribution in [-0.2, 0) is 9.53 Å². The van der Waals surface area contributed by atoms with E-state index in [9.17, 15) is 13.6 Å². The summed E-state index contributed by atoms with van der Waals surface area (Å²) in [5.74, 6) is 0.894. The Morgan fingerprint density at radius 2 is 1.93 bits per heavy atom. The number of ether oxygens (including phenoxy) is 1. The van der Waals surface area contributed by atoms with E-state index >= 15 is 0 Å². The van der Waals surface area contributed by atoms with Crippen molar-refractivity contribution in [3.8, 4) is 0 Å². The van der Waals surface area contributed by atoms with Crippen LogP contribution in [0.5, 0.6) is 0 Å². The van der Waals surface area contributed by atoms with Crippen molar-refractivity contribution in [3.05, 3.63) is 0 Å². The molecule has 0 radical (unpaired) electrons. The highest BCUT2D eigenvalue weighted by molar-refractivity contribution is 5.77. The van der Waals surface area contributed by atoms with Crippen LogP contribution in [-0.4, -0.2) is 37.1 Å². The first kappa shape index (κ1) is 10.8. The zero-order chi connectivity index (χ0) is 10.8. The molecule has 15 heavy (non-hydrogen) atoms. The second-order valence-electron chi connectivity index (χ2n) is 4.32. The van der Waals surface area contributed by atoms with Gasteiger partial charge in [0.25, 0.3) is 0 Å². The number of halogens is 2. The molecule has 0 spiro atoms. The molecule has 2 rings (SSSR count). The van der Waals surface area contributed by atoms with Crippen LogP contribution < -0.4 is 0 Å². The summed E-state index contributed by atoms with van der Waals surface area (Å²) in [6.45, 7) is -1.88. The summed E-state index contributed by atoms with van der Waals surface area (Å²) in [6, 6.07) is 0. The lowest BCUT2D eigenvalue weighted by Crippen LogP contribution is -2.33. The van der Waals surface area contributed by atoms with E-state index in [0.717, 1.165) is 13.1 Å². The number of hydrogen-bond acceptors (Lipinski definition) is 2. The molecule has 1 aliphatic heterocycles. The molecule has 0 N–H and O–H groups in total. The third kappa shape index (κ3) is 2.45. The van der Waals surface area contributed by atoms with E-state index < -0.39 is 13.2 Å². The van der Waals surface area contributed by atoms with Gasteiger partial charge in [-0.3, -0.25) is 4.79 Å². The molecule has 0 aromatic rings. The van der Waals surface area contributed by atoms with E-state index in [2.05, 4.69) is 4.74 Å². The zero-order valence-corrected chi connectivity index (χ0v) is 8.49. The molecule has 2 atom stereocenters. The van der Waals surface area contributed by atoms with Crippen LogP contribution in [0.15, 0.2) is 0 Å². The first-order chi connectivity index (χ1) is 7.16. The lowest BCUT2D eigenvalue weighted by Gasteiger charge is -2.16. The topological polar surface area (TPSA) is 29.5 Å². The summed E-state index contributed by atoms with van der Waals surface area (Å²) in [5.41, 5.74) is 0. The summed E-state index contributed by atoms with van der Waals surface area (Å²) >= 11 is 0. The van der Waals surface area contributed by atoms with Crippen molar-refractivity contribution in [3.63, 3.8) is 0 Å². The van der Waals surface area contributed by atoms with Crippen molar-refractivity contribution in [2.45, 2.75) is 25.9 Å². The summed E-state index contributed by atoms with van der Waals surface area (Å²) in [7, 11) is 0. The van der Waals surface area contributed by atoms with Gasteiger partial charge in [-0.25, -0.2) is 0 Å². The minimum Gasteiger partial charge on any atom is -0.340 e. The standard InChI is InChI=1S/C10H15F2NO2/c11-10(12)15-6-9(14)13-4-7-2-1-3-8(7)5-13/h7-8,10H,1-6H2. The molecular formula is C10H15F2NO2. The Bertz CT molecular complexity index is 236. The minimum atomic E-state index is -2.85. The van der Waals surface area contributed by atoms with Crippen molar-refractivity contribution in [1.29, 1.82) is 0 Å². The second kappa shape index (κ2) is 4.43. The van der Waals surface area contributed by atoms with Crippen molar-refractivity contribution < 1.29 is 18.3 Å². The third-order valence-corrected chi connectivity index (χ3v) is 3.41. The SMILES string of the molecule is O=C(COC(F)F)N1CC2CCCC2C1. The fourth-order valence-corrected chi connectivity index (χ4v) is 2.66. The molecule has 3 nitrogen and oxygen atoms in total. The fraction of sp³-hybridized carbons (Fsp3) is 0.900. The number of carbonyl (C=O) groups excluding carboxylic acids is 1. The Morgan fingerprint density at radius 1 is 1.33 bits per heavy atom. The molecule has 1 heterocycles. The third-order valence-electron chi connectivity index (χ3n) is 3.41. The number of nitrogens with zero attached hydrogens (tertiary/aromatic N) is 1. The van der Waals surface area contributed by atoms with E-state index in [0.29, 0.717) is 11.8 Å². The Kier molecular flexibility index (Phi) is 3.19. The molecule has 1 aliphatic carbocycles. The molecule has 1 saturated carbocycles. The highest BCUT2D eigenvalue weighted by Crippen LogP contribution is 2.37. The molecule has 0 aromatic heterocycles. The average Bonchev–Trinajstić information content (AvgIpc) is 2.72. The monoisotopic (exact) mass is 219 g/mol. The normalized spacial score (nSPS) is 29.9. The maximum absolute atomic E-state index is 11.7. The summed E-state index contributed by atoms with van der Waals surface area (Å²) in [4.78, 5) is 13.1. The van der Waals surface area contributed by atoms with Crippen molar-refractivity contribution in [2.75, 3.05) is 19.7 Å². The van der Waals surface area contributed by atoms with Gasteiger partial charge in [-0.1, -0.05) is 6.42 Å². The summed E-state index contributed by atoms with van der Waals surface area (Å²) in [6.07, 6.45) is 3.58. The maximum Gasteiger partial charge on any atom is 0.345 e. The highest BCUT2D eigenvalue weighted by atomic mass is 19.3. The molecule has 2 unspecified atom stereocenters. The quantitative estimate of drug-likeness (QED) is 0.719. The first-order valence-electron chi connectivity index (χ1n) is 5.34. The highest BCUT2D eigenvalue weighted by Gasteiger charge is 2.37. The molecular weight excluding hydrogens is 204 g/mol. The lowest BCUT2D eigenvalue weighted by atomic mass is 10.0. The van der Waals surface area contributed by atoms with E-state index in [1.165, 1.54) is 19.3 Å². The second-order valence-corrected chi connectivity index (χ2v) is 4.32. The minimum absolute atomic E-state index is 0.301. The summed E-state index contributed by atoms with van der Waals surface area (Å²) < 4.78 is 27.5. The fourth-order valence-electron chi connectivity index (χ4n) is 2.66. The van der Waals surface area contributed by atoms with Gasteiger partial charge in [0.05, 0.1) is 0 Å². The van der Waals surface area contributed by atoms with Gasteiger partial charge in [0.15, 0.2) is 0 Å². The largest absolute Gasteiger partial charge is 0.345 e. The molecule has 86 valence electrons. The predicted molar refractivity (Wildman–Crippen MR) is 49.4 cm³/mol. The van der Waals surface area contributed by atoms with Crippen molar-refractivity contribution >= 4 is 5.91 Å². The molecule has 1 amide bonds. The molecule has 2 fully saturated rings. The van der Waals surface area contributed by atoms with Crippen LogP contribution >= 0.6 is 0 Å². The Balaban J connectivity index is 1.78. The Morgan fingerprint density at radius 3 is 2.47 bits per heavy atom. The lowest BCUT2D eigenvalue weighted by molar-refractivity contribution is -0.159. The van der Waals surface area contributed by atoms with Gasteiger partial charge >= 0.3 is 6.61 Å². The van der Waals surface area contributed by atoms with Crippen LogP contribution in [0.2, 0.25) is 0 Å². The molecule has 5 heteroatoms. The maximum atomic E-state index is 11.7. The van der Waals surface area contributed by atoms with Gasteiger partial charge in [-0.05, 0) is 24.7 Å². The number of rotatable bonds is 3. The van der Waals surface area contributed by atoms with E-state index in [1.54, 1.807) is 4.90 Å². The van der Waals surface area contributed by atoms with Gasteiger partial charge in [-0.2, -0.15) is 8.78 Å². The van der Waals surface area contributed by atoms with Crippen molar-refractivity contribution in [1.82, 2.24) is 4.90 Å². The van der Waals surface area contributed by atoms with Crippen LogP contribution in [0, 0.1) is 11.8 Å². The number of alkyl halides is 2. The Hall–Kier alpha value is -0.710. The Labute approximate surface area is 87.4 Å². The summed E-state index contributed by atoms with van der Waals surface area (Å²) in [5, 5.41) is 0.